The van der Waals surface area contributed by atoms with E-state index in [0.29, 0.717) is 0 Å². The highest BCUT2D eigenvalue weighted by molar-refractivity contribution is 7.26. The third kappa shape index (κ3) is 5.18. The monoisotopic (exact) mass is 725 g/mol. The lowest BCUT2D eigenvalue weighted by Gasteiger charge is -2.29. The van der Waals surface area contributed by atoms with Crippen LogP contribution in [0, 0.1) is 0 Å². The zero-order chi connectivity index (χ0) is 35.6. The van der Waals surface area contributed by atoms with Gasteiger partial charge < -0.3 is 0 Å². The van der Waals surface area contributed by atoms with Gasteiger partial charge in [0.1, 0.15) is 5.69 Å². The maximum absolute atomic E-state index is 3.94. The zero-order valence-corrected chi connectivity index (χ0v) is 30.9. The molecule has 0 amide bonds. The Hall–Kier alpha value is -6.33. The number of hydrogen-bond acceptors (Lipinski definition) is 3. The van der Waals surface area contributed by atoms with Gasteiger partial charge in [0.25, 0.3) is 12.0 Å². The van der Waals surface area contributed by atoms with Gasteiger partial charge in [-0.15, -0.1) is 22.7 Å². The number of nitrogens with one attached hydrogen (secondary N) is 1. The van der Waals surface area contributed by atoms with Crippen molar-refractivity contribution < 1.29 is 4.58 Å². The first-order valence-corrected chi connectivity index (χ1v) is 20.0. The van der Waals surface area contributed by atoms with Crippen molar-refractivity contribution in [3.63, 3.8) is 0 Å². The van der Waals surface area contributed by atoms with E-state index >= 15 is 0 Å². The Labute approximate surface area is 321 Å². The van der Waals surface area contributed by atoms with Crippen molar-refractivity contribution in [2.45, 2.75) is 6.17 Å². The molecule has 10 aromatic rings. The second kappa shape index (κ2) is 12.7. The van der Waals surface area contributed by atoms with Gasteiger partial charge in [-0.05, 0) is 88.0 Å². The van der Waals surface area contributed by atoms with Crippen molar-refractivity contribution in [2.24, 2.45) is 0 Å². The summed E-state index contributed by atoms with van der Waals surface area (Å²) in [6, 6.07) is 68.6. The van der Waals surface area contributed by atoms with E-state index < -0.39 is 0 Å². The number of thiophene rings is 2. The summed E-state index contributed by atoms with van der Waals surface area (Å²) >= 11 is 3.75. The quantitative estimate of drug-likeness (QED) is 0.169. The number of benzene rings is 8. The molecule has 2 aromatic heterocycles. The lowest BCUT2D eigenvalue weighted by molar-refractivity contribution is -0.531. The highest BCUT2D eigenvalue weighted by Crippen LogP contribution is 2.42. The molecule has 0 saturated carbocycles. The van der Waals surface area contributed by atoms with E-state index in [-0.39, 0.29) is 6.17 Å². The van der Waals surface area contributed by atoms with Crippen LogP contribution in [0.1, 0.15) is 17.3 Å². The Morgan fingerprint density at radius 2 is 0.981 bits per heavy atom. The number of fused-ring (bicyclic) bond motifs is 6. The van der Waals surface area contributed by atoms with Gasteiger partial charge in [-0.1, -0.05) is 127 Å². The molecule has 54 heavy (non-hydrogen) atoms. The first-order chi connectivity index (χ1) is 26.7. The van der Waals surface area contributed by atoms with Crippen molar-refractivity contribution in [3.8, 4) is 33.4 Å². The Morgan fingerprint density at radius 1 is 0.389 bits per heavy atom. The van der Waals surface area contributed by atoms with Gasteiger partial charge in [-0.2, -0.15) is 4.58 Å². The standard InChI is InChI=1S/C50H32N2S2/c1-3-11-32(12-4-1)36-15-9-16-37(29-36)34-21-23-35(24-22-34)49-51-50(43-19-10-18-42-40-17-7-8-20-45(40)54-48(42)43)52(49)39-26-27-41-44-30-38(33-13-5-2-6-14-33)25-28-46(44)53-47(41)31-39/h1-31,49H/p+1. The summed E-state index contributed by atoms with van der Waals surface area (Å²) in [4.78, 5) is 0. The Morgan fingerprint density at radius 3 is 1.76 bits per heavy atom. The molecule has 1 aliphatic rings. The molecule has 1 unspecified atom stereocenters. The van der Waals surface area contributed by atoms with Gasteiger partial charge in [0.2, 0.25) is 0 Å². The van der Waals surface area contributed by atoms with Crippen LogP contribution >= 0.6 is 22.7 Å². The minimum Gasteiger partial charge on any atom is -0.229 e. The molecule has 8 aromatic carbocycles. The molecule has 1 N–H and O–H groups in total. The van der Waals surface area contributed by atoms with Gasteiger partial charge in [0, 0.05) is 47.3 Å². The third-order valence-electron chi connectivity index (χ3n) is 10.8. The average molecular weight is 726 g/mol. The van der Waals surface area contributed by atoms with Crippen molar-refractivity contribution in [2.75, 3.05) is 0 Å². The topological polar surface area (TPSA) is 15.0 Å². The van der Waals surface area contributed by atoms with E-state index in [4.69, 9.17) is 0 Å². The molecule has 3 heterocycles. The number of nitrogens with zero attached hydrogens (tertiary/aromatic N) is 1. The Balaban J connectivity index is 1.03. The fourth-order valence-electron chi connectivity index (χ4n) is 8.07. The van der Waals surface area contributed by atoms with Crippen LogP contribution in [0.5, 0.6) is 0 Å². The summed E-state index contributed by atoms with van der Waals surface area (Å²) in [6.45, 7) is 0. The van der Waals surface area contributed by atoms with Crippen molar-refractivity contribution in [3.05, 3.63) is 199 Å². The minimum atomic E-state index is -0.00847. The molecule has 4 heteroatoms. The fraction of sp³-hybridized carbons (Fsp3) is 0.0200. The van der Waals surface area contributed by atoms with Gasteiger partial charge in [-0.25, -0.2) is 5.32 Å². The summed E-state index contributed by atoms with van der Waals surface area (Å²) in [5.41, 5.74) is 11.0. The van der Waals surface area contributed by atoms with E-state index in [1.54, 1.807) is 0 Å². The minimum absolute atomic E-state index is 0.00847. The van der Waals surface area contributed by atoms with Crippen LogP contribution in [0.4, 0.5) is 5.69 Å². The van der Waals surface area contributed by atoms with Crippen LogP contribution in [-0.4, -0.2) is 10.4 Å². The lowest BCUT2D eigenvalue weighted by atomic mass is 9.97. The van der Waals surface area contributed by atoms with Crippen molar-refractivity contribution in [1.82, 2.24) is 5.32 Å². The summed E-state index contributed by atoms with van der Waals surface area (Å²) < 4.78 is 7.74. The van der Waals surface area contributed by atoms with Crippen molar-refractivity contribution >= 4 is 74.5 Å². The van der Waals surface area contributed by atoms with E-state index in [1.165, 1.54) is 90.5 Å². The fourth-order valence-corrected chi connectivity index (χ4v) is 10.4. The first-order valence-electron chi connectivity index (χ1n) is 18.4. The summed E-state index contributed by atoms with van der Waals surface area (Å²) in [7, 11) is 0. The normalized spacial score (nSPS) is 14.2. The second-order valence-corrected chi connectivity index (χ2v) is 16.1. The van der Waals surface area contributed by atoms with Gasteiger partial charge in [-0.3, -0.25) is 0 Å². The van der Waals surface area contributed by atoms with Crippen LogP contribution in [0.3, 0.4) is 0 Å². The van der Waals surface area contributed by atoms with Crippen LogP contribution in [0.15, 0.2) is 188 Å². The zero-order valence-electron chi connectivity index (χ0n) is 29.2. The summed E-state index contributed by atoms with van der Waals surface area (Å²) in [5, 5.41) is 9.18. The molecule has 0 fully saturated rings. The molecule has 1 aliphatic heterocycles. The highest BCUT2D eigenvalue weighted by atomic mass is 32.1. The first kappa shape index (κ1) is 31.2. The maximum Gasteiger partial charge on any atom is 0.291 e. The number of hydrogen-bond donors (Lipinski definition) is 1. The maximum atomic E-state index is 3.94. The van der Waals surface area contributed by atoms with Crippen LogP contribution < -0.4 is 5.32 Å². The van der Waals surface area contributed by atoms with E-state index in [0.717, 1.165) is 5.84 Å². The molecule has 0 spiro atoms. The highest BCUT2D eigenvalue weighted by Gasteiger charge is 2.41. The van der Waals surface area contributed by atoms with Crippen LogP contribution in [0.2, 0.25) is 0 Å². The van der Waals surface area contributed by atoms with E-state index in [1.807, 2.05) is 22.7 Å². The van der Waals surface area contributed by atoms with Crippen LogP contribution in [0.25, 0.3) is 73.7 Å². The molecular weight excluding hydrogens is 693 g/mol. The van der Waals surface area contributed by atoms with Gasteiger partial charge >= 0.3 is 0 Å². The molecule has 0 bridgehead atoms. The third-order valence-corrected chi connectivity index (χ3v) is 13.2. The molecular formula is C50H33N2S2+. The molecule has 1 atom stereocenters. The van der Waals surface area contributed by atoms with E-state index in [9.17, 15) is 0 Å². The summed E-state index contributed by atoms with van der Waals surface area (Å²) in [6.07, 6.45) is -0.00847. The average Bonchev–Trinajstić information content (AvgIpc) is 3.80. The predicted molar refractivity (Wildman–Crippen MR) is 231 cm³/mol. The second-order valence-electron chi connectivity index (χ2n) is 14.0. The molecule has 11 rings (SSSR count). The molecule has 2 nitrogen and oxygen atoms in total. The molecule has 0 radical (unpaired) electrons. The largest absolute Gasteiger partial charge is 0.291 e. The van der Waals surface area contributed by atoms with Crippen LogP contribution in [-0.2, 0) is 0 Å². The number of rotatable bonds is 6. The molecule has 254 valence electrons. The van der Waals surface area contributed by atoms with Gasteiger partial charge in [0.05, 0.1) is 10.3 Å². The van der Waals surface area contributed by atoms with Crippen molar-refractivity contribution in [1.29, 1.82) is 0 Å². The van der Waals surface area contributed by atoms with Gasteiger partial charge in [0.15, 0.2) is 0 Å². The Bertz CT molecular complexity index is 3060. The number of amidine groups is 1. The van der Waals surface area contributed by atoms with E-state index in [2.05, 4.69) is 198 Å². The SMILES string of the molecule is c1ccc(-c2cccc(-c3ccc(C4NC(c5cccc6c5sc5ccccc56)=[N+]4c4ccc5c(c4)sc4ccc(-c6ccccc6)cc45)cc3)c2)cc1. The molecule has 0 saturated heterocycles. The lowest BCUT2D eigenvalue weighted by Crippen LogP contribution is -2.51. The predicted octanol–water partition coefficient (Wildman–Crippen LogP) is 13.8. The smallest absolute Gasteiger partial charge is 0.229 e. The Kier molecular flexibility index (Phi) is 7.32. The summed E-state index contributed by atoms with van der Waals surface area (Å²) in [5.74, 6) is 1.14. The molecule has 0 aliphatic carbocycles.